The highest BCUT2D eigenvalue weighted by Crippen LogP contribution is 2.39. The molecule has 1 aromatic carbocycles. The van der Waals surface area contributed by atoms with Crippen molar-refractivity contribution in [2.75, 3.05) is 6.61 Å². The predicted octanol–water partition coefficient (Wildman–Crippen LogP) is 4.26. The Hall–Kier alpha value is -1.14. The molecule has 20 heavy (non-hydrogen) atoms. The van der Waals surface area contributed by atoms with Gasteiger partial charge in [0, 0.05) is 9.86 Å². The normalized spacial score (nSPS) is 10.8. The maximum absolute atomic E-state index is 12.0. The number of ether oxygens (including phenoxy) is 1. The van der Waals surface area contributed by atoms with Crippen LogP contribution >= 0.6 is 31.9 Å². The molecule has 4 nitrogen and oxygen atoms in total. The molecule has 0 saturated heterocycles. The highest BCUT2D eigenvalue weighted by atomic mass is 79.9. The molecule has 106 valence electrons. The number of aromatic hydroxyl groups is 1. The van der Waals surface area contributed by atoms with E-state index in [0.29, 0.717) is 33.2 Å². The van der Waals surface area contributed by atoms with Crippen LogP contribution in [0.25, 0.3) is 10.9 Å². The van der Waals surface area contributed by atoms with E-state index in [1.807, 2.05) is 6.92 Å². The van der Waals surface area contributed by atoms with Gasteiger partial charge < -0.3 is 9.84 Å². The zero-order valence-corrected chi connectivity index (χ0v) is 14.4. The fourth-order valence-corrected chi connectivity index (χ4v) is 3.62. The fraction of sp³-hybridized carbons (Fsp3) is 0.286. The topological polar surface area (TPSA) is 59.4 Å². The Morgan fingerprint density at radius 3 is 2.60 bits per heavy atom. The van der Waals surface area contributed by atoms with Gasteiger partial charge in [0.15, 0.2) is 5.75 Å². The molecule has 0 aliphatic carbocycles. The van der Waals surface area contributed by atoms with Gasteiger partial charge in [-0.3, -0.25) is 0 Å². The maximum Gasteiger partial charge on any atom is 0.340 e. The van der Waals surface area contributed by atoms with E-state index in [2.05, 4.69) is 36.8 Å². The van der Waals surface area contributed by atoms with Crippen LogP contribution < -0.4 is 0 Å². The van der Waals surface area contributed by atoms with E-state index < -0.39 is 5.97 Å². The van der Waals surface area contributed by atoms with Gasteiger partial charge in [-0.05, 0) is 48.3 Å². The van der Waals surface area contributed by atoms with Gasteiger partial charge in [-0.2, -0.15) is 0 Å². The van der Waals surface area contributed by atoms with E-state index in [1.165, 1.54) is 0 Å². The molecule has 6 heteroatoms. The van der Waals surface area contributed by atoms with Crippen LogP contribution in [-0.2, 0) is 4.74 Å². The van der Waals surface area contributed by atoms with Gasteiger partial charge in [0.1, 0.15) is 5.52 Å². The number of halogens is 2. The number of hydrogen-bond acceptors (Lipinski definition) is 4. The van der Waals surface area contributed by atoms with Crippen molar-refractivity contribution in [1.82, 2.24) is 4.98 Å². The van der Waals surface area contributed by atoms with Crippen molar-refractivity contribution in [2.24, 2.45) is 0 Å². The first-order chi connectivity index (χ1) is 9.38. The molecular weight excluding hydrogens is 390 g/mol. The van der Waals surface area contributed by atoms with E-state index in [1.54, 1.807) is 19.9 Å². The summed E-state index contributed by atoms with van der Waals surface area (Å²) in [6.45, 7) is 5.62. The van der Waals surface area contributed by atoms with Crippen molar-refractivity contribution in [3.8, 4) is 5.75 Å². The summed E-state index contributed by atoms with van der Waals surface area (Å²) in [6, 6.07) is 1.73. The van der Waals surface area contributed by atoms with Crippen LogP contribution in [0.4, 0.5) is 0 Å². The summed E-state index contributed by atoms with van der Waals surface area (Å²) >= 11 is 6.72. The number of fused-ring (bicyclic) bond motifs is 1. The first-order valence-corrected chi connectivity index (χ1v) is 7.62. The van der Waals surface area contributed by atoms with Gasteiger partial charge in [-0.15, -0.1) is 0 Å². The lowest BCUT2D eigenvalue weighted by molar-refractivity contribution is 0.0524. The second-order valence-corrected chi connectivity index (χ2v) is 6.04. The summed E-state index contributed by atoms with van der Waals surface area (Å²) in [5.74, 6) is -0.337. The molecule has 1 aromatic heterocycles. The molecule has 0 spiro atoms. The maximum atomic E-state index is 12.0. The molecule has 2 rings (SSSR count). The minimum Gasteiger partial charge on any atom is -0.505 e. The number of rotatable bonds is 2. The Balaban J connectivity index is 2.86. The molecule has 0 fully saturated rings. The van der Waals surface area contributed by atoms with Crippen LogP contribution in [0, 0.1) is 13.8 Å². The lowest BCUT2D eigenvalue weighted by atomic mass is 10.0. The minimum atomic E-state index is -0.397. The van der Waals surface area contributed by atoms with Gasteiger partial charge in [-0.25, -0.2) is 9.78 Å². The Morgan fingerprint density at radius 2 is 2.00 bits per heavy atom. The van der Waals surface area contributed by atoms with Crippen LogP contribution in [0.3, 0.4) is 0 Å². The third kappa shape index (κ3) is 2.42. The SMILES string of the molecule is CCOC(=O)c1c(C)nc2c(O)c(Br)cc(Br)c2c1C. The molecule has 0 aliphatic heterocycles. The Labute approximate surface area is 133 Å². The van der Waals surface area contributed by atoms with Crippen LogP contribution in [0.2, 0.25) is 0 Å². The van der Waals surface area contributed by atoms with Gasteiger partial charge in [0.05, 0.1) is 22.3 Å². The van der Waals surface area contributed by atoms with E-state index >= 15 is 0 Å². The lowest BCUT2D eigenvalue weighted by Gasteiger charge is -2.14. The number of esters is 1. The van der Waals surface area contributed by atoms with E-state index in [0.717, 1.165) is 10.0 Å². The third-order valence-corrected chi connectivity index (χ3v) is 4.28. The molecule has 1 N–H and O–H groups in total. The monoisotopic (exact) mass is 401 g/mol. The summed E-state index contributed by atoms with van der Waals surface area (Å²) < 4.78 is 6.37. The third-order valence-electron chi connectivity index (χ3n) is 3.05. The van der Waals surface area contributed by atoms with E-state index in [-0.39, 0.29) is 5.75 Å². The van der Waals surface area contributed by atoms with Crippen LogP contribution in [0.5, 0.6) is 5.75 Å². The van der Waals surface area contributed by atoms with Crippen molar-refractivity contribution in [2.45, 2.75) is 20.8 Å². The largest absolute Gasteiger partial charge is 0.505 e. The Bertz CT molecular complexity index is 714. The molecule has 0 aliphatic rings. The van der Waals surface area contributed by atoms with Gasteiger partial charge in [0.25, 0.3) is 0 Å². The molecule has 1 heterocycles. The number of benzene rings is 1. The van der Waals surface area contributed by atoms with Gasteiger partial charge in [0.2, 0.25) is 0 Å². The standard InChI is InChI=1S/C14H13Br2NO3/c1-4-20-14(19)10-6(2)11-8(15)5-9(16)13(18)12(11)17-7(10)3/h5,18H,4H2,1-3H3. The number of pyridine rings is 1. The molecule has 0 bridgehead atoms. The second kappa shape index (κ2) is 5.69. The second-order valence-electron chi connectivity index (χ2n) is 4.33. The number of hydrogen-bond donors (Lipinski definition) is 1. The molecule has 0 unspecified atom stereocenters. The Morgan fingerprint density at radius 1 is 1.35 bits per heavy atom. The summed E-state index contributed by atoms with van der Waals surface area (Å²) in [6.07, 6.45) is 0. The zero-order valence-electron chi connectivity index (χ0n) is 11.3. The number of carbonyl (C=O) groups excluding carboxylic acids is 1. The number of aromatic nitrogens is 1. The fourth-order valence-electron chi connectivity index (χ4n) is 2.19. The number of nitrogens with zero attached hydrogens (tertiary/aromatic N) is 1. The molecule has 0 saturated carbocycles. The van der Waals surface area contributed by atoms with Crippen LogP contribution in [-0.4, -0.2) is 22.7 Å². The molecule has 0 amide bonds. The zero-order chi connectivity index (χ0) is 15.0. The quantitative estimate of drug-likeness (QED) is 0.762. The minimum absolute atomic E-state index is 0.0600. The van der Waals surface area contributed by atoms with Crippen molar-refractivity contribution < 1.29 is 14.6 Å². The number of phenolic OH excluding ortho intramolecular Hbond substituents is 1. The van der Waals surface area contributed by atoms with E-state index in [4.69, 9.17) is 4.74 Å². The Kier molecular flexibility index (Phi) is 4.34. The van der Waals surface area contributed by atoms with E-state index in [9.17, 15) is 9.90 Å². The highest BCUT2D eigenvalue weighted by Gasteiger charge is 2.21. The first-order valence-electron chi connectivity index (χ1n) is 6.03. The number of phenols is 1. The van der Waals surface area contributed by atoms with Crippen molar-refractivity contribution >= 4 is 48.7 Å². The summed E-state index contributed by atoms with van der Waals surface area (Å²) in [7, 11) is 0. The molecular formula is C14H13Br2NO3. The average molecular weight is 403 g/mol. The van der Waals surface area contributed by atoms with Crippen molar-refractivity contribution in [3.05, 3.63) is 31.8 Å². The van der Waals surface area contributed by atoms with Gasteiger partial charge in [-0.1, -0.05) is 15.9 Å². The van der Waals surface area contributed by atoms with Crippen LogP contribution in [0.1, 0.15) is 28.5 Å². The van der Waals surface area contributed by atoms with Crippen LogP contribution in [0.15, 0.2) is 15.0 Å². The summed E-state index contributed by atoms with van der Waals surface area (Å²) in [4.78, 5) is 16.4. The molecule has 0 atom stereocenters. The smallest absolute Gasteiger partial charge is 0.340 e. The van der Waals surface area contributed by atoms with Crippen molar-refractivity contribution in [3.63, 3.8) is 0 Å². The average Bonchev–Trinajstić information content (AvgIpc) is 2.35. The lowest BCUT2D eigenvalue weighted by Crippen LogP contribution is -2.11. The summed E-state index contributed by atoms with van der Waals surface area (Å²) in [5, 5.41) is 10.8. The van der Waals surface area contributed by atoms with Gasteiger partial charge >= 0.3 is 5.97 Å². The number of aryl methyl sites for hydroxylation is 2. The molecule has 2 aromatic rings. The first kappa shape index (κ1) is 15.3. The summed E-state index contributed by atoms with van der Waals surface area (Å²) in [5.41, 5.74) is 2.17. The predicted molar refractivity (Wildman–Crippen MR) is 84.2 cm³/mol. The highest BCUT2D eigenvalue weighted by molar-refractivity contribution is 9.11. The van der Waals surface area contributed by atoms with Crippen molar-refractivity contribution in [1.29, 1.82) is 0 Å². The number of carbonyl (C=O) groups is 1. The molecule has 0 radical (unpaired) electrons.